The molecule has 0 heterocycles. The molecule has 0 N–H and O–H groups in total. The predicted molar refractivity (Wildman–Crippen MR) is 51.1 cm³/mol. The van der Waals surface area contributed by atoms with E-state index in [-0.39, 0.29) is 11.3 Å². The van der Waals surface area contributed by atoms with Crippen molar-refractivity contribution < 1.29 is 18.0 Å². The molecule has 0 aliphatic heterocycles. The molecule has 5 heteroatoms. The van der Waals surface area contributed by atoms with Crippen LogP contribution in [0.25, 0.3) is 0 Å². The molecule has 1 aromatic carbocycles. The smallest absolute Gasteiger partial charge is 0.255 e. The average molecular weight is 217 g/mol. The number of hydrogen-bond acceptors (Lipinski definition) is 2. The number of benzene rings is 1. The van der Waals surface area contributed by atoms with Gasteiger partial charge in [-0.05, 0) is 18.2 Å². The normalized spacial score (nSPS) is 10.5. The van der Waals surface area contributed by atoms with E-state index >= 15 is 0 Å². The summed E-state index contributed by atoms with van der Waals surface area (Å²) in [6.45, 7) is -0.544. The van der Waals surface area contributed by atoms with E-state index < -0.39 is 18.8 Å². The summed E-state index contributed by atoms with van der Waals surface area (Å²) < 4.78 is 37.3. The number of carbonyl (C=O) groups excluding carboxylic acids is 1. The van der Waals surface area contributed by atoms with E-state index in [1.54, 1.807) is 0 Å². The van der Waals surface area contributed by atoms with Crippen molar-refractivity contribution in [3.63, 3.8) is 0 Å². The van der Waals surface area contributed by atoms with Gasteiger partial charge in [-0.15, -0.1) is 0 Å². The Labute approximate surface area is 85.3 Å². The molecule has 0 amide bonds. The molecule has 0 saturated heterocycles. The number of halogens is 3. The largest absolute Gasteiger partial charge is 0.367 e. The lowest BCUT2D eigenvalue weighted by Gasteiger charge is -2.19. The Morgan fingerprint density at radius 1 is 1.47 bits per heavy atom. The second kappa shape index (κ2) is 4.82. The van der Waals surface area contributed by atoms with Crippen LogP contribution in [-0.4, -0.2) is 26.3 Å². The Hall–Kier alpha value is -1.52. The quantitative estimate of drug-likeness (QED) is 0.721. The highest BCUT2D eigenvalue weighted by atomic mass is 19.3. The fourth-order valence-corrected chi connectivity index (χ4v) is 1.21. The maximum Gasteiger partial charge on any atom is 0.255 e. The van der Waals surface area contributed by atoms with Crippen molar-refractivity contribution in [1.82, 2.24) is 0 Å². The molecule has 0 atom stereocenters. The minimum atomic E-state index is -2.53. The van der Waals surface area contributed by atoms with Crippen LogP contribution in [0.4, 0.5) is 18.9 Å². The Balaban J connectivity index is 2.90. The third-order valence-electron chi connectivity index (χ3n) is 1.93. The van der Waals surface area contributed by atoms with E-state index in [1.165, 1.54) is 19.2 Å². The minimum absolute atomic E-state index is 0.0564. The molecule has 1 aromatic rings. The summed E-state index contributed by atoms with van der Waals surface area (Å²) in [7, 11) is 1.37. The number of carbonyl (C=O) groups is 1. The third-order valence-corrected chi connectivity index (χ3v) is 1.93. The summed E-state index contributed by atoms with van der Waals surface area (Å²) in [6.07, 6.45) is -2.03. The molecule has 0 saturated carbocycles. The van der Waals surface area contributed by atoms with E-state index in [1.807, 2.05) is 0 Å². The van der Waals surface area contributed by atoms with Gasteiger partial charge < -0.3 is 4.90 Å². The van der Waals surface area contributed by atoms with Gasteiger partial charge >= 0.3 is 0 Å². The van der Waals surface area contributed by atoms with Crippen molar-refractivity contribution in [3.05, 3.63) is 29.6 Å². The predicted octanol–water partition coefficient (Wildman–Crippen LogP) is 2.34. The van der Waals surface area contributed by atoms with Crippen LogP contribution in [0.15, 0.2) is 18.2 Å². The SMILES string of the molecule is CN(CC(F)F)c1ccc(C=O)cc1F. The standard InChI is InChI=1S/C10H10F3NO/c1-14(5-10(12)13)9-3-2-7(6-15)4-8(9)11/h2-4,6,10H,5H2,1H3. The van der Waals surface area contributed by atoms with Crippen LogP contribution in [0.3, 0.4) is 0 Å². The molecule has 82 valence electrons. The Kier molecular flexibility index (Phi) is 3.71. The van der Waals surface area contributed by atoms with E-state index in [0.717, 1.165) is 11.0 Å². The summed E-state index contributed by atoms with van der Waals surface area (Å²) in [4.78, 5) is 11.4. The zero-order valence-electron chi connectivity index (χ0n) is 8.08. The second-order valence-corrected chi connectivity index (χ2v) is 3.10. The van der Waals surface area contributed by atoms with Crippen LogP contribution in [0.5, 0.6) is 0 Å². The van der Waals surface area contributed by atoms with Crippen LogP contribution in [0.1, 0.15) is 10.4 Å². The highest BCUT2D eigenvalue weighted by Crippen LogP contribution is 2.19. The lowest BCUT2D eigenvalue weighted by Crippen LogP contribution is -2.24. The third kappa shape index (κ3) is 2.97. The fraction of sp³-hybridized carbons (Fsp3) is 0.300. The van der Waals surface area contributed by atoms with Crippen LogP contribution >= 0.6 is 0 Å². The number of rotatable bonds is 4. The van der Waals surface area contributed by atoms with Gasteiger partial charge in [0.05, 0.1) is 12.2 Å². The molecule has 0 unspecified atom stereocenters. The Bertz CT molecular complexity index is 355. The lowest BCUT2D eigenvalue weighted by molar-refractivity contribution is 0.112. The molecule has 0 spiro atoms. The van der Waals surface area contributed by atoms with Gasteiger partial charge in [0.15, 0.2) is 0 Å². The first-order valence-corrected chi connectivity index (χ1v) is 4.28. The first kappa shape index (κ1) is 11.6. The van der Waals surface area contributed by atoms with Crippen molar-refractivity contribution in [2.45, 2.75) is 6.43 Å². The topological polar surface area (TPSA) is 20.3 Å². The van der Waals surface area contributed by atoms with Crippen molar-refractivity contribution in [2.24, 2.45) is 0 Å². The Morgan fingerprint density at radius 2 is 2.13 bits per heavy atom. The van der Waals surface area contributed by atoms with Gasteiger partial charge in [-0.25, -0.2) is 13.2 Å². The molecular formula is C10H10F3NO. The van der Waals surface area contributed by atoms with E-state index in [9.17, 15) is 18.0 Å². The average Bonchev–Trinajstić information content (AvgIpc) is 2.16. The lowest BCUT2D eigenvalue weighted by atomic mass is 10.2. The molecule has 0 bridgehead atoms. The number of anilines is 1. The molecule has 0 fully saturated rings. The van der Waals surface area contributed by atoms with Gasteiger partial charge in [0.1, 0.15) is 12.1 Å². The van der Waals surface area contributed by atoms with Crippen LogP contribution in [0.2, 0.25) is 0 Å². The van der Waals surface area contributed by atoms with Gasteiger partial charge in [-0.1, -0.05) is 0 Å². The fourth-order valence-electron chi connectivity index (χ4n) is 1.21. The van der Waals surface area contributed by atoms with Crippen molar-refractivity contribution >= 4 is 12.0 Å². The van der Waals surface area contributed by atoms with E-state index in [0.29, 0.717) is 6.29 Å². The first-order chi connectivity index (χ1) is 7.04. The van der Waals surface area contributed by atoms with Crippen LogP contribution in [0, 0.1) is 5.82 Å². The summed E-state index contributed by atoms with van der Waals surface area (Å²) in [5.41, 5.74) is 0.239. The highest BCUT2D eigenvalue weighted by molar-refractivity contribution is 5.75. The first-order valence-electron chi connectivity index (χ1n) is 4.28. The zero-order chi connectivity index (χ0) is 11.4. The van der Waals surface area contributed by atoms with Crippen molar-refractivity contribution in [3.8, 4) is 0 Å². The molecule has 15 heavy (non-hydrogen) atoms. The molecule has 0 aromatic heterocycles. The van der Waals surface area contributed by atoms with E-state index in [4.69, 9.17) is 0 Å². The van der Waals surface area contributed by atoms with Crippen molar-refractivity contribution in [1.29, 1.82) is 0 Å². The molecule has 0 aliphatic rings. The van der Waals surface area contributed by atoms with Gasteiger partial charge in [0.25, 0.3) is 6.43 Å². The maximum atomic E-state index is 13.3. The highest BCUT2D eigenvalue weighted by Gasteiger charge is 2.12. The zero-order valence-corrected chi connectivity index (χ0v) is 8.08. The van der Waals surface area contributed by atoms with Crippen LogP contribution < -0.4 is 4.90 Å². The Morgan fingerprint density at radius 3 is 2.60 bits per heavy atom. The van der Waals surface area contributed by atoms with Gasteiger partial charge in [0.2, 0.25) is 0 Å². The molecule has 1 rings (SSSR count). The number of alkyl halides is 2. The summed E-state index contributed by atoms with van der Waals surface area (Å²) in [6, 6.07) is 3.71. The maximum absolute atomic E-state index is 13.3. The summed E-state index contributed by atoms with van der Waals surface area (Å²) >= 11 is 0. The number of aldehydes is 1. The van der Waals surface area contributed by atoms with Crippen LogP contribution in [-0.2, 0) is 0 Å². The summed E-state index contributed by atoms with van der Waals surface area (Å²) in [5, 5.41) is 0. The molecule has 2 nitrogen and oxygen atoms in total. The second-order valence-electron chi connectivity index (χ2n) is 3.10. The van der Waals surface area contributed by atoms with E-state index in [2.05, 4.69) is 0 Å². The minimum Gasteiger partial charge on any atom is -0.367 e. The monoisotopic (exact) mass is 217 g/mol. The molecule has 0 radical (unpaired) electrons. The van der Waals surface area contributed by atoms with Gasteiger partial charge in [0, 0.05) is 12.6 Å². The van der Waals surface area contributed by atoms with Gasteiger partial charge in [-0.3, -0.25) is 4.79 Å². The molecule has 0 aliphatic carbocycles. The summed E-state index contributed by atoms with van der Waals surface area (Å²) in [5.74, 6) is -0.678. The molecular weight excluding hydrogens is 207 g/mol. The van der Waals surface area contributed by atoms with Gasteiger partial charge in [-0.2, -0.15) is 0 Å². The number of nitrogens with zero attached hydrogens (tertiary/aromatic N) is 1. The number of hydrogen-bond donors (Lipinski definition) is 0. The van der Waals surface area contributed by atoms with Crippen molar-refractivity contribution in [2.75, 3.05) is 18.5 Å².